The SMILES string of the molecule is C=C1CC2C(=O)N(Cc3ccc(OC)cc3)C(=O)C2C1. The van der Waals surface area contributed by atoms with E-state index in [1.54, 1.807) is 7.11 Å². The molecule has 0 aromatic heterocycles. The van der Waals surface area contributed by atoms with Gasteiger partial charge in [0.05, 0.1) is 25.5 Å². The number of methoxy groups -OCH3 is 1. The molecule has 2 atom stereocenters. The van der Waals surface area contributed by atoms with Crippen molar-refractivity contribution in [2.45, 2.75) is 19.4 Å². The minimum atomic E-state index is -0.173. The van der Waals surface area contributed by atoms with E-state index in [2.05, 4.69) is 6.58 Å². The maximum absolute atomic E-state index is 12.3. The van der Waals surface area contributed by atoms with Crippen molar-refractivity contribution < 1.29 is 14.3 Å². The van der Waals surface area contributed by atoms with Crippen LogP contribution in [0.2, 0.25) is 0 Å². The first-order valence-electron chi connectivity index (χ1n) is 6.75. The molecule has 0 N–H and O–H groups in total. The van der Waals surface area contributed by atoms with Crippen molar-refractivity contribution in [3.8, 4) is 5.75 Å². The molecule has 0 radical (unpaired) electrons. The molecule has 4 heteroatoms. The van der Waals surface area contributed by atoms with Crippen LogP contribution in [0.1, 0.15) is 18.4 Å². The van der Waals surface area contributed by atoms with Gasteiger partial charge in [0.1, 0.15) is 5.75 Å². The fourth-order valence-corrected chi connectivity index (χ4v) is 3.09. The number of imide groups is 1. The summed E-state index contributed by atoms with van der Waals surface area (Å²) in [6, 6.07) is 7.44. The van der Waals surface area contributed by atoms with Gasteiger partial charge in [0, 0.05) is 0 Å². The molecule has 1 aromatic carbocycles. The summed E-state index contributed by atoms with van der Waals surface area (Å²) >= 11 is 0. The molecule has 20 heavy (non-hydrogen) atoms. The fraction of sp³-hybridized carbons (Fsp3) is 0.375. The number of benzene rings is 1. The van der Waals surface area contributed by atoms with Gasteiger partial charge in [-0.25, -0.2) is 0 Å². The summed E-state index contributed by atoms with van der Waals surface area (Å²) in [4.78, 5) is 26.0. The summed E-state index contributed by atoms with van der Waals surface area (Å²) in [5.41, 5.74) is 1.96. The van der Waals surface area contributed by atoms with E-state index in [4.69, 9.17) is 4.74 Å². The van der Waals surface area contributed by atoms with Crippen LogP contribution in [0.5, 0.6) is 5.75 Å². The molecular weight excluding hydrogens is 254 g/mol. The average Bonchev–Trinajstić information content (AvgIpc) is 2.93. The Balaban J connectivity index is 1.76. The first-order valence-corrected chi connectivity index (χ1v) is 6.75. The second-order valence-electron chi connectivity index (χ2n) is 5.48. The number of carbonyl (C=O) groups is 2. The Morgan fingerprint density at radius 3 is 2.20 bits per heavy atom. The van der Waals surface area contributed by atoms with Crippen molar-refractivity contribution in [3.05, 3.63) is 42.0 Å². The second-order valence-corrected chi connectivity index (χ2v) is 5.48. The first-order chi connectivity index (χ1) is 9.60. The van der Waals surface area contributed by atoms with E-state index in [1.807, 2.05) is 24.3 Å². The number of hydrogen-bond acceptors (Lipinski definition) is 3. The summed E-state index contributed by atoms with van der Waals surface area (Å²) in [6.07, 6.45) is 1.32. The van der Waals surface area contributed by atoms with Crippen molar-refractivity contribution in [2.75, 3.05) is 7.11 Å². The van der Waals surface area contributed by atoms with Crippen LogP contribution in [0.15, 0.2) is 36.4 Å². The second kappa shape index (κ2) is 4.78. The van der Waals surface area contributed by atoms with E-state index < -0.39 is 0 Å². The lowest BCUT2D eigenvalue weighted by molar-refractivity contribution is -0.140. The molecule has 1 aliphatic carbocycles. The Labute approximate surface area is 118 Å². The number of nitrogens with zero attached hydrogens (tertiary/aromatic N) is 1. The molecule has 1 saturated carbocycles. The van der Waals surface area contributed by atoms with Gasteiger partial charge in [-0.2, -0.15) is 0 Å². The highest BCUT2D eigenvalue weighted by atomic mass is 16.5. The van der Waals surface area contributed by atoms with Crippen molar-refractivity contribution in [1.29, 1.82) is 0 Å². The third-order valence-corrected chi connectivity index (χ3v) is 4.17. The lowest BCUT2D eigenvalue weighted by atomic mass is 10.00. The third kappa shape index (κ3) is 2.01. The number of carbonyl (C=O) groups excluding carboxylic acids is 2. The average molecular weight is 271 g/mol. The van der Waals surface area contributed by atoms with Gasteiger partial charge in [0.25, 0.3) is 0 Å². The minimum Gasteiger partial charge on any atom is -0.497 e. The highest BCUT2D eigenvalue weighted by Gasteiger charge is 2.50. The number of fused-ring (bicyclic) bond motifs is 1. The van der Waals surface area contributed by atoms with E-state index in [0.29, 0.717) is 19.4 Å². The molecule has 1 aromatic rings. The molecule has 1 heterocycles. The zero-order valence-corrected chi connectivity index (χ0v) is 11.5. The normalized spacial score (nSPS) is 25.2. The molecule has 2 amide bonds. The van der Waals surface area contributed by atoms with E-state index in [9.17, 15) is 9.59 Å². The molecule has 1 aliphatic heterocycles. The van der Waals surface area contributed by atoms with Crippen LogP contribution in [0.4, 0.5) is 0 Å². The largest absolute Gasteiger partial charge is 0.497 e. The van der Waals surface area contributed by atoms with E-state index in [0.717, 1.165) is 16.9 Å². The van der Waals surface area contributed by atoms with Crippen molar-refractivity contribution in [2.24, 2.45) is 11.8 Å². The summed E-state index contributed by atoms with van der Waals surface area (Å²) in [5, 5.41) is 0. The Hall–Kier alpha value is -2.10. The molecule has 0 spiro atoms. The van der Waals surface area contributed by atoms with Crippen LogP contribution in [-0.4, -0.2) is 23.8 Å². The Morgan fingerprint density at radius 1 is 1.15 bits per heavy atom. The Kier molecular flexibility index (Phi) is 3.08. The van der Waals surface area contributed by atoms with Gasteiger partial charge in [0.2, 0.25) is 11.8 Å². The summed E-state index contributed by atoms with van der Waals surface area (Å²) < 4.78 is 5.10. The maximum Gasteiger partial charge on any atom is 0.233 e. The van der Waals surface area contributed by atoms with Gasteiger partial charge in [-0.15, -0.1) is 0 Å². The van der Waals surface area contributed by atoms with Gasteiger partial charge in [-0.05, 0) is 30.5 Å². The molecule has 3 rings (SSSR count). The molecule has 2 unspecified atom stereocenters. The quantitative estimate of drug-likeness (QED) is 0.625. The Morgan fingerprint density at radius 2 is 1.70 bits per heavy atom. The van der Waals surface area contributed by atoms with Crippen molar-refractivity contribution in [1.82, 2.24) is 4.90 Å². The van der Waals surface area contributed by atoms with Crippen molar-refractivity contribution >= 4 is 11.8 Å². The Bertz CT molecular complexity index is 550. The van der Waals surface area contributed by atoms with Gasteiger partial charge >= 0.3 is 0 Å². The van der Waals surface area contributed by atoms with Crippen LogP contribution in [-0.2, 0) is 16.1 Å². The lowest BCUT2D eigenvalue weighted by Gasteiger charge is -2.16. The highest BCUT2D eigenvalue weighted by molar-refractivity contribution is 6.05. The van der Waals surface area contributed by atoms with E-state index >= 15 is 0 Å². The van der Waals surface area contributed by atoms with Crippen LogP contribution >= 0.6 is 0 Å². The minimum absolute atomic E-state index is 0.0468. The molecule has 2 fully saturated rings. The molecule has 104 valence electrons. The zero-order chi connectivity index (χ0) is 14.3. The number of likely N-dealkylation sites (tertiary alicyclic amines) is 1. The van der Waals surface area contributed by atoms with Crippen LogP contribution < -0.4 is 4.74 Å². The molecular formula is C16H17NO3. The highest BCUT2D eigenvalue weighted by Crippen LogP contribution is 2.42. The predicted molar refractivity (Wildman–Crippen MR) is 73.9 cm³/mol. The van der Waals surface area contributed by atoms with E-state index in [-0.39, 0.29) is 23.7 Å². The molecule has 4 nitrogen and oxygen atoms in total. The first kappa shape index (κ1) is 12.9. The number of allylic oxidation sites excluding steroid dienone is 1. The molecule has 2 aliphatic rings. The summed E-state index contributed by atoms with van der Waals surface area (Å²) in [5.74, 6) is 0.325. The maximum atomic E-state index is 12.3. The van der Waals surface area contributed by atoms with Gasteiger partial charge in [-0.1, -0.05) is 24.3 Å². The predicted octanol–water partition coefficient (Wildman–Crippen LogP) is 2.15. The lowest BCUT2D eigenvalue weighted by Crippen LogP contribution is -2.31. The number of hydrogen-bond donors (Lipinski definition) is 0. The monoisotopic (exact) mass is 271 g/mol. The summed E-state index contributed by atoms with van der Waals surface area (Å²) in [6.45, 7) is 4.25. The smallest absolute Gasteiger partial charge is 0.233 e. The van der Waals surface area contributed by atoms with Crippen LogP contribution in [0, 0.1) is 11.8 Å². The van der Waals surface area contributed by atoms with Gasteiger partial charge in [0.15, 0.2) is 0 Å². The fourth-order valence-electron chi connectivity index (χ4n) is 3.09. The van der Waals surface area contributed by atoms with Crippen LogP contribution in [0.25, 0.3) is 0 Å². The zero-order valence-electron chi connectivity index (χ0n) is 11.5. The van der Waals surface area contributed by atoms with Gasteiger partial charge < -0.3 is 4.74 Å². The van der Waals surface area contributed by atoms with Gasteiger partial charge in [-0.3, -0.25) is 14.5 Å². The standard InChI is InChI=1S/C16H17NO3/c1-10-7-13-14(8-10)16(19)17(15(13)18)9-11-3-5-12(20-2)6-4-11/h3-6,13-14H,1,7-9H2,2H3. The number of ether oxygens (including phenoxy) is 1. The topological polar surface area (TPSA) is 46.6 Å². The summed E-state index contributed by atoms with van der Waals surface area (Å²) in [7, 11) is 1.61. The third-order valence-electron chi connectivity index (χ3n) is 4.17. The van der Waals surface area contributed by atoms with Crippen LogP contribution in [0.3, 0.4) is 0 Å². The number of rotatable bonds is 3. The number of amides is 2. The van der Waals surface area contributed by atoms with E-state index in [1.165, 1.54) is 4.90 Å². The molecule has 1 saturated heterocycles. The molecule has 0 bridgehead atoms. The van der Waals surface area contributed by atoms with Crippen molar-refractivity contribution in [3.63, 3.8) is 0 Å².